The van der Waals surface area contributed by atoms with Gasteiger partial charge in [-0.15, -0.1) is 0 Å². The number of carbonyl (C=O) groups excluding carboxylic acids is 2. The summed E-state index contributed by atoms with van der Waals surface area (Å²) in [6, 6.07) is 5.81. The standard InChI is InChI=1S/C11H8O5S.K/c1-6-9(12)7-4-2-3-5-8(7)10(13)11(6)17(14,15)16;/h2-5H,1H3,(H,14,15,16);/q;+1/p-1. The summed E-state index contributed by atoms with van der Waals surface area (Å²) in [6.07, 6.45) is 0. The van der Waals surface area contributed by atoms with Crippen molar-refractivity contribution >= 4 is 21.7 Å². The molecule has 0 bridgehead atoms. The fourth-order valence-electron chi connectivity index (χ4n) is 1.78. The Morgan fingerprint density at radius 2 is 1.44 bits per heavy atom. The topological polar surface area (TPSA) is 91.3 Å². The van der Waals surface area contributed by atoms with E-state index >= 15 is 0 Å². The molecule has 0 aliphatic heterocycles. The zero-order valence-electron chi connectivity index (χ0n) is 9.76. The first-order valence-corrected chi connectivity index (χ1v) is 6.10. The van der Waals surface area contributed by atoms with Gasteiger partial charge in [0.1, 0.15) is 15.0 Å². The van der Waals surface area contributed by atoms with Gasteiger partial charge in [0.15, 0.2) is 5.78 Å². The van der Waals surface area contributed by atoms with Crippen molar-refractivity contribution in [2.75, 3.05) is 0 Å². The molecule has 0 saturated heterocycles. The van der Waals surface area contributed by atoms with Crippen LogP contribution in [0, 0.1) is 0 Å². The minimum atomic E-state index is -4.94. The van der Waals surface area contributed by atoms with E-state index in [4.69, 9.17) is 0 Å². The Bertz CT molecular complexity index is 672. The second kappa shape index (κ2) is 5.46. The first-order valence-electron chi connectivity index (χ1n) is 4.69. The number of fused-ring (bicyclic) bond motifs is 1. The second-order valence-corrected chi connectivity index (χ2v) is 4.93. The van der Waals surface area contributed by atoms with Crippen molar-refractivity contribution in [3.05, 3.63) is 45.9 Å². The molecule has 0 saturated carbocycles. The van der Waals surface area contributed by atoms with Gasteiger partial charge in [-0.25, -0.2) is 8.42 Å². The monoisotopic (exact) mass is 290 g/mol. The molecule has 7 heteroatoms. The molecule has 0 amide bonds. The minimum absolute atomic E-state index is 0. The van der Waals surface area contributed by atoms with Gasteiger partial charge in [0.25, 0.3) is 0 Å². The van der Waals surface area contributed by atoms with E-state index in [-0.39, 0.29) is 68.1 Å². The fraction of sp³-hybridized carbons (Fsp3) is 0.0909. The van der Waals surface area contributed by atoms with E-state index in [1.165, 1.54) is 25.1 Å². The maximum Gasteiger partial charge on any atom is 1.00 e. The van der Waals surface area contributed by atoms with Crippen LogP contribution >= 0.6 is 0 Å². The molecule has 5 nitrogen and oxygen atoms in total. The number of hydrogen-bond donors (Lipinski definition) is 0. The molecule has 1 aromatic rings. The van der Waals surface area contributed by atoms with Gasteiger partial charge in [0, 0.05) is 16.7 Å². The third-order valence-corrected chi connectivity index (χ3v) is 3.55. The summed E-state index contributed by atoms with van der Waals surface area (Å²) in [5.41, 5.74) is -0.233. The third kappa shape index (κ3) is 2.57. The van der Waals surface area contributed by atoms with Gasteiger partial charge in [-0.05, 0) is 6.92 Å². The van der Waals surface area contributed by atoms with Crippen LogP contribution in [0.2, 0.25) is 0 Å². The van der Waals surface area contributed by atoms with Crippen LogP contribution in [0.3, 0.4) is 0 Å². The summed E-state index contributed by atoms with van der Waals surface area (Å²) in [5.74, 6) is -1.51. The van der Waals surface area contributed by atoms with E-state index in [0.29, 0.717) is 0 Å². The molecule has 0 aromatic heterocycles. The van der Waals surface area contributed by atoms with Crippen LogP contribution in [-0.2, 0) is 10.1 Å². The van der Waals surface area contributed by atoms with Crippen molar-refractivity contribution in [1.29, 1.82) is 0 Å². The molecule has 2 rings (SSSR count). The quantitative estimate of drug-likeness (QED) is 0.436. The van der Waals surface area contributed by atoms with E-state index in [2.05, 4.69) is 0 Å². The van der Waals surface area contributed by atoms with E-state index < -0.39 is 26.6 Å². The Balaban J connectivity index is 0.00000162. The Labute approximate surface area is 146 Å². The van der Waals surface area contributed by atoms with E-state index in [9.17, 15) is 22.6 Å². The smallest absolute Gasteiger partial charge is 0.744 e. The van der Waals surface area contributed by atoms with Crippen LogP contribution in [0.5, 0.6) is 0 Å². The van der Waals surface area contributed by atoms with Crippen LogP contribution in [-0.4, -0.2) is 24.5 Å². The van der Waals surface area contributed by atoms with E-state index in [1.807, 2.05) is 0 Å². The molecule has 0 heterocycles. The minimum Gasteiger partial charge on any atom is -0.744 e. The van der Waals surface area contributed by atoms with Gasteiger partial charge in [0.2, 0.25) is 5.78 Å². The molecule has 0 fully saturated rings. The van der Waals surface area contributed by atoms with Crippen LogP contribution in [0.25, 0.3) is 0 Å². The van der Waals surface area contributed by atoms with Gasteiger partial charge in [-0.1, -0.05) is 24.3 Å². The second-order valence-electron chi connectivity index (χ2n) is 3.61. The maximum atomic E-state index is 11.8. The van der Waals surface area contributed by atoms with E-state index in [0.717, 1.165) is 0 Å². The van der Waals surface area contributed by atoms with Crippen molar-refractivity contribution in [2.45, 2.75) is 6.92 Å². The van der Waals surface area contributed by atoms with Crippen LogP contribution in [0.15, 0.2) is 34.7 Å². The Morgan fingerprint density at radius 3 is 1.89 bits per heavy atom. The van der Waals surface area contributed by atoms with Gasteiger partial charge in [-0.2, -0.15) is 0 Å². The number of Topliss-reactive ketones (excluding diaryl/α,β-unsaturated/α-hetero) is 2. The van der Waals surface area contributed by atoms with Crippen molar-refractivity contribution in [1.82, 2.24) is 0 Å². The number of allylic oxidation sites excluding steroid dienone is 2. The number of rotatable bonds is 1. The summed E-state index contributed by atoms with van der Waals surface area (Å²) < 4.78 is 32.9. The Hall–Kier alpha value is -0.154. The average molecular weight is 290 g/mol. The van der Waals surface area contributed by atoms with Crippen molar-refractivity contribution in [3.63, 3.8) is 0 Å². The predicted molar refractivity (Wildman–Crippen MR) is 57.5 cm³/mol. The Morgan fingerprint density at radius 1 is 1.00 bits per heavy atom. The van der Waals surface area contributed by atoms with Crippen LogP contribution < -0.4 is 51.4 Å². The zero-order chi connectivity index (χ0) is 12.8. The molecule has 1 aromatic carbocycles. The number of carbonyl (C=O) groups is 2. The molecular weight excluding hydrogens is 283 g/mol. The number of benzene rings is 1. The van der Waals surface area contributed by atoms with Gasteiger partial charge in [0.05, 0.1) is 0 Å². The Kier molecular flexibility index (Phi) is 4.82. The largest absolute Gasteiger partial charge is 1.00 e. The zero-order valence-corrected chi connectivity index (χ0v) is 13.7. The van der Waals surface area contributed by atoms with E-state index in [1.54, 1.807) is 6.07 Å². The summed E-state index contributed by atoms with van der Waals surface area (Å²) in [6.45, 7) is 1.17. The molecule has 1 aliphatic carbocycles. The first-order chi connectivity index (χ1) is 7.84. The number of ketones is 2. The average Bonchev–Trinajstić information content (AvgIpc) is 2.24. The summed E-state index contributed by atoms with van der Waals surface area (Å²) >= 11 is 0. The molecule has 0 atom stereocenters. The first kappa shape index (κ1) is 15.9. The molecule has 88 valence electrons. The molecule has 0 N–H and O–H groups in total. The predicted octanol–water partition coefficient (Wildman–Crippen LogP) is -2.11. The summed E-state index contributed by atoms with van der Waals surface area (Å²) in [5, 5.41) is 0. The SMILES string of the molecule is CC1=C(S(=O)(=O)[O-])C(=O)c2ccccc2C1=O.[K+]. The third-order valence-electron chi connectivity index (χ3n) is 2.55. The van der Waals surface area contributed by atoms with Crippen LogP contribution in [0.1, 0.15) is 27.6 Å². The normalized spacial score (nSPS) is 15.2. The molecule has 0 unspecified atom stereocenters. The maximum absolute atomic E-state index is 11.8. The fourth-order valence-corrected chi connectivity index (χ4v) is 2.58. The molecule has 0 spiro atoms. The molecule has 18 heavy (non-hydrogen) atoms. The molecular formula is C11H7KO5S. The van der Waals surface area contributed by atoms with Crippen molar-refractivity contribution in [3.8, 4) is 0 Å². The van der Waals surface area contributed by atoms with Gasteiger partial charge in [-0.3, -0.25) is 9.59 Å². The molecule has 1 aliphatic rings. The van der Waals surface area contributed by atoms with Crippen molar-refractivity contribution < 1.29 is 73.9 Å². The summed E-state index contributed by atoms with van der Waals surface area (Å²) in [4.78, 5) is 22.7. The van der Waals surface area contributed by atoms with Crippen LogP contribution in [0.4, 0.5) is 0 Å². The molecule has 0 radical (unpaired) electrons. The van der Waals surface area contributed by atoms with Gasteiger partial charge < -0.3 is 4.55 Å². The van der Waals surface area contributed by atoms with Gasteiger partial charge >= 0.3 is 51.4 Å². The number of hydrogen-bond acceptors (Lipinski definition) is 5. The summed E-state index contributed by atoms with van der Waals surface area (Å²) in [7, 11) is -4.94. The van der Waals surface area contributed by atoms with Crippen molar-refractivity contribution in [2.24, 2.45) is 0 Å².